The summed E-state index contributed by atoms with van der Waals surface area (Å²) in [7, 11) is -1.86. The lowest BCUT2D eigenvalue weighted by Gasteiger charge is -2.38. The van der Waals surface area contributed by atoms with Crippen LogP contribution in [0.15, 0.2) is 0 Å². The van der Waals surface area contributed by atoms with Gasteiger partial charge in [-0.1, -0.05) is 20.8 Å². The highest BCUT2D eigenvalue weighted by atomic mass is 32.2. The Morgan fingerprint density at radius 2 is 1.85 bits per heavy atom. The Morgan fingerprint density at radius 3 is 2.35 bits per heavy atom. The molecule has 7 heteroatoms. The Hall–Kier alpha value is -0.243. The molecule has 152 valence electrons. The molecule has 0 aromatic carbocycles. The number of carbonyl (C=O) groups excluding carboxylic acids is 1. The summed E-state index contributed by atoms with van der Waals surface area (Å²) in [6.07, 6.45) is 0.816. The fourth-order valence-electron chi connectivity index (χ4n) is 3.22. The predicted molar refractivity (Wildman–Crippen MR) is 113 cm³/mol. The Morgan fingerprint density at radius 1 is 1.19 bits per heavy atom. The van der Waals surface area contributed by atoms with Gasteiger partial charge in [-0.15, -0.1) is 0 Å². The summed E-state index contributed by atoms with van der Waals surface area (Å²) in [5, 5.41) is 4.05. The van der Waals surface area contributed by atoms with E-state index < -0.39 is 13.9 Å². The van der Waals surface area contributed by atoms with E-state index in [0.29, 0.717) is 11.8 Å². The summed E-state index contributed by atoms with van der Waals surface area (Å²) in [5.74, 6) is 1.09. The van der Waals surface area contributed by atoms with Gasteiger partial charge in [-0.25, -0.2) is 4.79 Å². The van der Waals surface area contributed by atoms with Gasteiger partial charge >= 0.3 is 6.09 Å². The van der Waals surface area contributed by atoms with E-state index in [1.165, 1.54) is 0 Å². The van der Waals surface area contributed by atoms with Crippen LogP contribution in [-0.4, -0.2) is 67.7 Å². The van der Waals surface area contributed by atoms with E-state index in [-0.39, 0.29) is 23.3 Å². The van der Waals surface area contributed by atoms with Gasteiger partial charge < -0.3 is 19.4 Å². The highest BCUT2D eigenvalue weighted by Gasteiger charge is 2.46. The lowest BCUT2D eigenvalue weighted by atomic mass is 10.1. The summed E-state index contributed by atoms with van der Waals surface area (Å²) in [5.41, 5.74) is -0.474. The minimum absolute atomic E-state index is 0.107. The highest BCUT2D eigenvalue weighted by Crippen LogP contribution is 2.40. The van der Waals surface area contributed by atoms with Crippen molar-refractivity contribution in [1.29, 1.82) is 0 Å². The number of nitrogens with zero attached hydrogens (tertiary/aromatic N) is 1. The average molecular weight is 403 g/mol. The number of hydrogen-bond acceptors (Lipinski definition) is 5. The first-order valence-electron chi connectivity index (χ1n) is 9.80. The van der Waals surface area contributed by atoms with Crippen molar-refractivity contribution in [2.75, 3.05) is 25.4 Å². The van der Waals surface area contributed by atoms with Gasteiger partial charge in [0.1, 0.15) is 5.60 Å². The number of rotatable bonds is 3. The van der Waals surface area contributed by atoms with E-state index in [4.69, 9.17) is 9.16 Å². The third-order valence-corrected chi connectivity index (χ3v) is 11.5. The van der Waals surface area contributed by atoms with Gasteiger partial charge in [0.2, 0.25) is 0 Å². The molecule has 0 aromatic heterocycles. The molecule has 2 saturated heterocycles. The maximum Gasteiger partial charge on any atom is 0.410 e. The first kappa shape index (κ1) is 22.1. The molecule has 0 spiro atoms. The van der Waals surface area contributed by atoms with Crippen LogP contribution in [0, 0.1) is 0 Å². The minimum Gasteiger partial charge on any atom is -0.444 e. The molecule has 0 radical (unpaired) electrons. The minimum atomic E-state index is -1.86. The van der Waals surface area contributed by atoms with Crippen molar-refractivity contribution in [3.8, 4) is 0 Å². The molecule has 2 heterocycles. The molecule has 3 atom stereocenters. The molecule has 1 unspecified atom stereocenters. The first-order valence-corrected chi connectivity index (χ1v) is 13.8. The van der Waals surface area contributed by atoms with Crippen LogP contribution in [-0.2, 0) is 9.16 Å². The average Bonchev–Trinajstić information content (AvgIpc) is 2.88. The van der Waals surface area contributed by atoms with Crippen molar-refractivity contribution in [2.24, 2.45) is 0 Å². The number of likely N-dealkylation sites (tertiary alicyclic amines) is 1. The van der Waals surface area contributed by atoms with E-state index in [9.17, 15) is 4.79 Å². The first-order chi connectivity index (χ1) is 11.8. The standard InChI is InChI=1S/C19H38N2O3SSi/c1-18(2,3)23-17(22)21-13-14(24-26(7,8)19(4,5)6)11-15(21)16-12-20-9-10-25-16/h14-16,20H,9-13H2,1-8H3/t14-,15+,16?/m1/s1. The molecule has 2 rings (SSSR count). The second-order valence-electron chi connectivity index (χ2n) is 10.0. The van der Waals surface area contributed by atoms with Crippen molar-refractivity contribution in [3.05, 3.63) is 0 Å². The topological polar surface area (TPSA) is 50.8 Å². The van der Waals surface area contributed by atoms with Crippen LogP contribution in [0.25, 0.3) is 0 Å². The van der Waals surface area contributed by atoms with Gasteiger partial charge in [0.05, 0.1) is 12.1 Å². The molecule has 1 amide bonds. The largest absolute Gasteiger partial charge is 0.444 e. The van der Waals surface area contributed by atoms with Gasteiger partial charge in [-0.3, -0.25) is 0 Å². The van der Waals surface area contributed by atoms with Gasteiger partial charge in [0.15, 0.2) is 8.32 Å². The number of nitrogens with one attached hydrogen (secondary N) is 1. The zero-order valence-corrected chi connectivity index (χ0v) is 19.7. The maximum absolute atomic E-state index is 12.9. The highest BCUT2D eigenvalue weighted by molar-refractivity contribution is 8.00. The monoisotopic (exact) mass is 402 g/mol. The Balaban J connectivity index is 2.13. The Labute approximate surface area is 165 Å². The molecule has 0 saturated carbocycles. The molecule has 0 aliphatic carbocycles. The Kier molecular flexibility index (Phi) is 6.80. The number of ether oxygens (including phenoxy) is 1. The summed E-state index contributed by atoms with van der Waals surface area (Å²) in [4.78, 5) is 14.8. The molecule has 1 N–H and O–H groups in total. The lowest BCUT2D eigenvalue weighted by Crippen LogP contribution is -2.49. The normalized spacial score (nSPS) is 28.3. The summed E-state index contributed by atoms with van der Waals surface area (Å²) < 4.78 is 12.4. The van der Waals surface area contributed by atoms with Crippen LogP contribution in [0.5, 0.6) is 0 Å². The van der Waals surface area contributed by atoms with E-state index in [0.717, 1.165) is 25.3 Å². The third kappa shape index (κ3) is 5.63. The molecule has 26 heavy (non-hydrogen) atoms. The fourth-order valence-corrected chi connectivity index (χ4v) is 5.86. The van der Waals surface area contributed by atoms with Crippen molar-refractivity contribution < 1.29 is 14.0 Å². The molecule has 5 nitrogen and oxygen atoms in total. The molecular formula is C19H38N2O3SSi. The van der Waals surface area contributed by atoms with Crippen molar-refractivity contribution >= 4 is 26.2 Å². The van der Waals surface area contributed by atoms with Crippen LogP contribution < -0.4 is 5.32 Å². The van der Waals surface area contributed by atoms with Gasteiger partial charge in [-0.2, -0.15) is 11.8 Å². The molecule has 0 aromatic rings. The van der Waals surface area contributed by atoms with E-state index >= 15 is 0 Å². The zero-order chi connectivity index (χ0) is 19.8. The third-order valence-electron chi connectivity index (χ3n) is 5.59. The second kappa shape index (κ2) is 8.01. The Bertz CT molecular complexity index is 496. The SMILES string of the molecule is CC(C)(C)OC(=O)N1C[C@H](O[Si](C)(C)C(C)(C)C)C[C@H]1C1CNCCS1. The van der Waals surface area contributed by atoms with Crippen LogP contribution in [0.1, 0.15) is 48.0 Å². The summed E-state index contributed by atoms with van der Waals surface area (Å²) in [6, 6.07) is 0.178. The van der Waals surface area contributed by atoms with Crippen LogP contribution in [0.4, 0.5) is 4.79 Å². The summed E-state index contributed by atoms with van der Waals surface area (Å²) in [6.45, 7) is 19.8. The van der Waals surface area contributed by atoms with Gasteiger partial charge in [-0.05, 0) is 45.3 Å². The van der Waals surface area contributed by atoms with E-state index in [1.54, 1.807) is 0 Å². The molecule has 2 aliphatic rings. The van der Waals surface area contributed by atoms with Crippen LogP contribution in [0.2, 0.25) is 18.1 Å². The van der Waals surface area contributed by atoms with Crippen molar-refractivity contribution in [3.63, 3.8) is 0 Å². The number of thioether (sulfide) groups is 1. The quantitative estimate of drug-likeness (QED) is 0.721. The van der Waals surface area contributed by atoms with Gasteiger partial charge in [0, 0.05) is 30.6 Å². The lowest BCUT2D eigenvalue weighted by molar-refractivity contribution is 0.0208. The smallest absolute Gasteiger partial charge is 0.410 e. The van der Waals surface area contributed by atoms with E-state index in [1.807, 2.05) is 37.4 Å². The van der Waals surface area contributed by atoms with E-state index in [2.05, 4.69) is 39.2 Å². The molecule has 0 bridgehead atoms. The number of carbonyl (C=O) groups is 1. The number of amides is 1. The summed E-state index contributed by atoms with van der Waals surface area (Å²) >= 11 is 1.97. The second-order valence-corrected chi connectivity index (χ2v) is 16.2. The number of hydrogen-bond donors (Lipinski definition) is 1. The maximum atomic E-state index is 12.9. The molecule has 2 aliphatic heterocycles. The molecular weight excluding hydrogens is 364 g/mol. The van der Waals surface area contributed by atoms with Crippen molar-refractivity contribution in [2.45, 2.75) is 89.1 Å². The zero-order valence-electron chi connectivity index (χ0n) is 17.8. The van der Waals surface area contributed by atoms with Crippen LogP contribution >= 0.6 is 11.8 Å². The van der Waals surface area contributed by atoms with Crippen LogP contribution in [0.3, 0.4) is 0 Å². The molecule has 2 fully saturated rings. The van der Waals surface area contributed by atoms with Crippen molar-refractivity contribution in [1.82, 2.24) is 10.2 Å². The fraction of sp³-hybridized carbons (Fsp3) is 0.947. The van der Waals surface area contributed by atoms with Gasteiger partial charge in [0.25, 0.3) is 0 Å². The predicted octanol–water partition coefficient (Wildman–Crippen LogP) is 4.09.